The lowest BCUT2D eigenvalue weighted by Gasteiger charge is -2.30. The molecule has 1 heterocycles. The first-order valence-electron chi connectivity index (χ1n) is 5.83. The van der Waals surface area contributed by atoms with Crippen LogP contribution in [0.2, 0.25) is 0 Å². The number of amides is 1. The highest BCUT2D eigenvalue weighted by Gasteiger charge is 2.22. The maximum absolute atomic E-state index is 11.8. The Hall–Kier alpha value is -2.04. The summed E-state index contributed by atoms with van der Waals surface area (Å²) in [6, 6.07) is 5.43. The van der Waals surface area contributed by atoms with Crippen LogP contribution in [0.5, 0.6) is 5.75 Å². The van der Waals surface area contributed by atoms with E-state index in [9.17, 15) is 9.59 Å². The van der Waals surface area contributed by atoms with E-state index in [1.165, 1.54) is 14.0 Å². The van der Waals surface area contributed by atoms with Crippen molar-refractivity contribution in [1.82, 2.24) is 5.32 Å². The molecular formula is C13H16N2O3. The molecule has 18 heavy (non-hydrogen) atoms. The predicted molar refractivity (Wildman–Crippen MR) is 68.2 cm³/mol. The van der Waals surface area contributed by atoms with Crippen molar-refractivity contribution in [3.05, 3.63) is 23.8 Å². The minimum Gasteiger partial charge on any atom is -0.496 e. The highest BCUT2D eigenvalue weighted by atomic mass is 16.5. The second-order valence-electron chi connectivity index (χ2n) is 4.18. The zero-order valence-corrected chi connectivity index (χ0v) is 10.5. The smallest absolute Gasteiger partial charge is 0.239 e. The second-order valence-corrected chi connectivity index (χ2v) is 4.18. The van der Waals surface area contributed by atoms with Crippen LogP contribution in [0.15, 0.2) is 18.2 Å². The van der Waals surface area contributed by atoms with Gasteiger partial charge in [-0.3, -0.25) is 9.59 Å². The molecule has 1 amide bonds. The molecule has 1 aliphatic rings. The molecule has 0 unspecified atom stereocenters. The molecule has 96 valence electrons. The zero-order chi connectivity index (χ0) is 13.1. The molecule has 1 saturated heterocycles. The van der Waals surface area contributed by atoms with Crippen LogP contribution in [0.3, 0.4) is 0 Å². The molecule has 1 aliphatic heterocycles. The number of carbonyl (C=O) groups is 2. The summed E-state index contributed by atoms with van der Waals surface area (Å²) in [5.41, 5.74) is 1.30. The summed E-state index contributed by atoms with van der Waals surface area (Å²) in [6.45, 7) is 3.06. The number of Topliss-reactive ketones (excluding diaryl/α,β-unsaturated/α-hetero) is 1. The van der Waals surface area contributed by atoms with Gasteiger partial charge in [0.05, 0.1) is 24.9 Å². The Morgan fingerprint density at radius 3 is 2.83 bits per heavy atom. The maximum Gasteiger partial charge on any atom is 0.239 e. The number of piperazine rings is 1. The fourth-order valence-corrected chi connectivity index (χ4v) is 2.15. The molecule has 0 radical (unpaired) electrons. The number of ketones is 1. The van der Waals surface area contributed by atoms with E-state index in [-0.39, 0.29) is 18.2 Å². The summed E-state index contributed by atoms with van der Waals surface area (Å²) in [7, 11) is 1.54. The lowest BCUT2D eigenvalue weighted by atomic mass is 10.1. The largest absolute Gasteiger partial charge is 0.496 e. The SMILES string of the molecule is COc1cccc(N2CCNC(=O)C2)c1C(C)=O. The Morgan fingerprint density at radius 1 is 1.44 bits per heavy atom. The van der Waals surface area contributed by atoms with E-state index in [1.54, 1.807) is 6.07 Å². The van der Waals surface area contributed by atoms with Crippen molar-refractivity contribution in [3.63, 3.8) is 0 Å². The third kappa shape index (κ3) is 2.30. The van der Waals surface area contributed by atoms with Gasteiger partial charge >= 0.3 is 0 Å². The van der Waals surface area contributed by atoms with Crippen LogP contribution in [0.4, 0.5) is 5.69 Å². The molecule has 1 fully saturated rings. The van der Waals surface area contributed by atoms with Crippen LogP contribution in [-0.2, 0) is 4.79 Å². The number of carbonyl (C=O) groups excluding carboxylic acids is 2. The van der Waals surface area contributed by atoms with Crippen molar-refractivity contribution in [2.45, 2.75) is 6.92 Å². The molecule has 5 nitrogen and oxygen atoms in total. The first-order valence-corrected chi connectivity index (χ1v) is 5.83. The van der Waals surface area contributed by atoms with E-state index in [2.05, 4.69) is 5.32 Å². The first kappa shape index (κ1) is 12.4. The molecule has 0 aliphatic carbocycles. The van der Waals surface area contributed by atoms with E-state index in [0.717, 1.165) is 5.69 Å². The lowest BCUT2D eigenvalue weighted by Crippen LogP contribution is -2.48. The Balaban J connectivity index is 2.43. The molecule has 0 saturated carbocycles. The van der Waals surface area contributed by atoms with Crippen molar-refractivity contribution in [2.24, 2.45) is 0 Å². The van der Waals surface area contributed by atoms with Crippen molar-refractivity contribution >= 4 is 17.4 Å². The van der Waals surface area contributed by atoms with Crippen LogP contribution < -0.4 is 15.0 Å². The van der Waals surface area contributed by atoms with Crippen LogP contribution in [-0.4, -0.2) is 38.4 Å². The van der Waals surface area contributed by atoms with Gasteiger partial charge in [0, 0.05) is 13.1 Å². The fourth-order valence-electron chi connectivity index (χ4n) is 2.15. The van der Waals surface area contributed by atoms with Gasteiger partial charge in [0.1, 0.15) is 5.75 Å². The Kier molecular flexibility index (Phi) is 3.50. The Labute approximate surface area is 106 Å². The minimum atomic E-state index is -0.0616. The molecule has 0 spiro atoms. The van der Waals surface area contributed by atoms with Gasteiger partial charge in [-0.15, -0.1) is 0 Å². The number of benzene rings is 1. The summed E-state index contributed by atoms with van der Waals surface area (Å²) in [6.07, 6.45) is 0. The van der Waals surface area contributed by atoms with Gasteiger partial charge in [0.25, 0.3) is 0 Å². The number of hydrogen-bond acceptors (Lipinski definition) is 4. The van der Waals surface area contributed by atoms with Gasteiger partial charge in [-0.05, 0) is 19.1 Å². The highest BCUT2D eigenvalue weighted by molar-refractivity contribution is 6.03. The minimum absolute atomic E-state index is 0.0291. The number of methoxy groups -OCH3 is 1. The van der Waals surface area contributed by atoms with Gasteiger partial charge in [-0.1, -0.05) is 6.07 Å². The maximum atomic E-state index is 11.8. The summed E-state index contributed by atoms with van der Waals surface area (Å²) >= 11 is 0. The fraction of sp³-hybridized carbons (Fsp3) is 0.385. The van der Waals surface area contributed by atoms with Crippen molar-refractivity contribution < 1.29 is 14.3 Å². The van der Waals surface area contributed by atoms with Gasteiger partial charge in [-0.2, -0.15) is 0 Å². The molecule has 5 heteroatoms. The van der Waals surface area contributed by atoms with Gasteiger partial charge in [-0.25, -0.2) is 0 Å². The van der Waals surface area contributed by atoms with E-state index in [4.69, 9.17) is 4.74 Å². The number of nitrogens with zero attached hydrogens (tertiary/aromatic N) is 1. The van der Waals surface area contributed by atoms with Gasteiger partial charge in [0.15, 0.2) is 5.78 Å². The number of nitrogens with one attached hydrogen (secondary N) is 1. The van der Waals surface area contributed by atoms with Gasteiger partial charge < -0.3 is 15.0 Å². The molecular weight excluding hydrogens is 232 g/mol. The number of hydrogen-bond donors (Lipinski definition) is 1. The normalized spacial score (nSPS) is 15.2. The number of ether oxygens (including phenoxy) is 1. The van der Waals surface area contributed by atoms with E-state index in [1.807, 2.05) is 17.0 Å². The molecule has 0 bridgehead atoms. The summed E-state index contributed by atoms with van der Waals surface area (Å²) < 4.78 is 5.22. The lowest BCUT2D eigenvalue weighted by molar-refractivity contribution is -0.120. The van der Waals surface area contributed by atoms with Crippen molar-refractivity contribution in [3.8, 4) is 5.75 Å². The third-order valence-electron chi connectivity index (χ3n) is 2.96. The standard InChI is InChI=1S/C13H16N2O3/c1-9(16)13-10(4-3-5-11(13)18-2)15-7-6-14-12(17)8-15/h3-5H,6-8H2,1-2H3,(H,14,17). The molecule has 1 N–H and O–H groups in total. The van der Waals surface area contributed by atoms with Crippen molar-refractivity contribution in [2.75, 3.05) is 31.6 Å². The van der Waals surface area contributed by atoms with E-state index >= 15 is 0 Å². The summed E-state index contributed by atoms with van der Waals surface area (Å²) in [4.78, 5) is 25.1. The molecule has 2 rings (SSSR count). The van der Waals surface area contributed by atoms with Crippen LogP contribution in [0.25, 0.3) is 0 Å². The number of rotatable bonds is 3. The zero-order valence-electron chi connectivity index (χ0n) is 10.5. The monoisotopic (exact) mass is 248 g/mol. The predicted octanol–water partition coefficient (Wildman–Crippen LogP) is 0.834. The summed E-state index contributed by atoms with van der Waals surface area (Å²) in [5.74, 6) is 0.456. The van der Waals surface area contributed by atoms with Crippen molar-refractivity contribution in [1.29, 1.82) is 0 Å². The van der Waals surface area contributed by atoms with Crippen LogP contribution in [0.1, 0.15) is 17.3 Å². The summed E-state index contributed by atoms with van der Waals surface area (Å²) in [5, 5.41) is 2.76. The highest BCUT2D eigenvalue weighted by Crippen LogP contribution is 2.30. The topological polar surface area (TPSA) is 58.6 Å². The first-order chi connectivity index (χ1) is 8.63. The van der Waals surface area contributed by atoms with E-state index in [0.29, 0.717) is 24.4 Å². The molecule has 1 aromatic carbocycles. The van der Waals surface area contributed by atoms with Crippen LogP contribution >= 0.6 is 0 Å². The molecule has 0 aromatic heterocycles. The molecule has 1 aromatic rings. The van der Waals surface area contributed by atoms with Gasteiger partial charge in [0.2, 0.25) is 5.91 Å². The Morgan fingerprint density at radius 2 is 2.22 bits per heavy atom. The number of anilines is 1. The average Bonchev–Trinajstić information content (AvgIpc) is 2.37. The van der Waals surface area contributed by atoms with E-state index < -0.39 is 0 Å². The second kappa shape index (κ2) is 5.08. The van der Waals surface area contributed by atoms with Crippen LogP contribution in [0, 0.1) is 0 Å². The average molecular weight is 248 g/mol. The Bertz CT molecular complexity index is 485. The quantitative estimate of drug-likeness (QED) is 0.805. The molecule has 0 atom stereocenters. The third-order valence-corrected chi connectivity index (χ3v) is 2.96.